The monoisotopic (exact) mass is 336 g/mol. The maximum Gasteiger partial charge on any atom is 0.338 e. The number of amides is 2. The summed E-state index contributed by atoms with van der Waals surface area (Å²) in [5, 5.41) is 2.64. The highest BCUT2D eigenvalue weighted by Crippen LogP contribution is 2.31. The highest BCUT2D eigenvalue weighted by Gasteiger charge is 2.36. The predicted molar refractivity (Wildman–Crippen MR) is 85.6 cm³/mol. The zero-order valence-corrected chi connectivity index (χ0v) is 14.0. The van der Waals surface area contributed by atoms with Gasteiger partial charge >= 0.3 is 12.0 Å². The fraction of sp³-hybridized carbons (Fsp3) is 0.412. The summed E-state index contributed by atoms with van der Waals surface area (Å²) in [6.45, 7) is 4.36. The molecule has 1 N–H and O–H groups in total. The molecule has 0 radical (unpaired) electrons. The van der Waals surface area contributed by atoms with E-state index >= 15 is 0 Å². The molecule has 1 aliphatic heterocycles. The average Bonchev–Trinajstić information content (AvgIpc) is 2.56. The summed E-state index contributed by atoms with van der Waals surface area (Å²) in [4.78, 5) is 25.8. The van der Waals surface area contributed by atoms with Crippen LogP contribution in [0.1, 0.15) is 25.5 Å². The van der Waals surface area contributed by atoms with E-state index in [9.17, 15) is 14.0 Å². The molecule has 130 valence electrons. The lowest BCUT2D eigenvalue weighted by Crippen LogP contribution is -2.46. The third-order valence-corrected chi connectivity index (χ3v) is 3.86. The van der Waals surface area contributed by atoms with Gasteiger partial charge in [0, 0.05) is 24.9 Å². The molecule has 0 spiro atoms. The van der Waals surface area contributed by atoms with Gasteiger partial charge in [0.1, 0.15) is 12.4 Å². The molecule has 0 fully saturated rings. The molecule has 0 aliphatic carbocycles. The van der Waals surface area contributed by atoms with Gasteiger partial charge in [-0.3, -0.25) is 0 Å². The molecule has 1 atom stereocenters. The molecule has 0 unspecified atom stereocenters. The maximum absolute atomic E-state index is 14.2. The Balaban J connectivity index is 2.32. The molecular formula is C17H21FN2O4. The number of rotatable bonds is 6. The number of ether oxygens (including phenoxy) is 2. The van der Waals surface area contributed by atoms with Gasteiger partial charge in [-0.05, 0) is 19.9 Å². The third-order valence-electron chi connectivity index (χ3n) is 3.86. The van der Waals surface area contributed by atoms with Gasteiger partial charge in [0.2, 0.25) is 0 Å². The van der Waals surface area contributed by atoms with Gasteiger partial charge in [-0.15, -0.1) is 0 Å². The fourth-order valence-electron chi connectivity index (χ4n) is 2.46. The van der Waals surface area contributed by atoms with E-state index in [2.05, 4.69) is 5.32 Å². The molecule has 1 aliphatic rings. The third kappa shape index (κ3) is 3.73. The molecule has 0 saturated carbocycles. The Morgan fingerprint density at radius 1 is 1.33 bits per heavy atom. The normalized spacial score (nSPS) is 17.8. The zero-order chi connectivity index (χ0) is 17.7. The number of allylic oxidation sites excluding steroid dienone is 1. The quantitative estimate of drug-likeness (QED) is 0.640. The molecule has 24 heavy (non-hydrogen) atoms. The van der Waals surface area contributed by atoms with Crippen LogP contribution in [0.25, 0.3) is 0 Å². The Hall–Kier alpha value is -2.41. The van der Waals surface area contributed by atoms with E-state index in [0.29, 0.717) is 12.3 Å². The van der Waals surface area contributed by atoms with Gasteiger partial charge in [0.25, 0.3) is 0 Å². The summed E-state index contributed by atoms with van der Waals surface area (Å²) in [5.41, 5.74) is 0.849. The minimum Gasteiger partial charge on any atom is -0.460 e. The van der Waals surface area contributed by atoms with Crippen LogP contribution in [0, 0.1) is 5.82 Å². The van der Waals surface area contributed by atoms with Gasteiger partial charge in [0.15, 0.2) is 0 Å². The number of nitrogens with zero attached hydrogens (tertiary/aromatic N) is 1. The SMILES string of the molecule is CCOCCOC(=O)C1=C(C)N(C)C(=O)N[C@H]1c1ccccc1F. The number of carbonyl (C=O) groups is 2. The summed E-state index contributed by atoms with van der Waals surface area (Å²) in [6.07, 6.45) is 0. The van der Waals surface area contributed by atoms with Crippen molar-refractivity contribution in [2.24, 2.45) is 0 Å². The van der Waals surface area contributed by atoms with E-state index in [1.807, 2.05) is 6.92 Å². The molecule has 0 aromatic heterocycles. The Morgan fingerprint density at radius 2 is 2.04 bits per heavy atom. The molecule has 2 amide bonds. The zero-order valence-electron chi connectivity index (χ0n) is 14.0. The number of nitrogens with one attached hydrogen (secondary N) is 1. The van der Waals surface area contributed by atoms with Crippen molar-refractivity contribution in [2.75, 3.05) is 26.9 Å². The largest absolute Gasteiger partial charge is 0.460 e. The number of halogens is 1. The minimum atomic E-state index is -0.894. The van der Waals surface area contributed by atoms with Crippen LogP contribution in [0.2, 0.25) is 0 Å². The second-order valence-electron chi connectivity index (χ2n) is 5.29. The first-order valence-corrected chi connectivity index (χ1v) is 7.71. The van der Waals surface area contributed by atoms with Crippen molar-refractivity contribution in [3.8, 4) is 0 Å². The van der Waals surface area contributed by atoms with E-state index in [0.717, 1.165) is 0 Å². The lowest BCUT2D eigenvalue weighted by atomic mass is 9.94. The van der Waals surface area contributed by atoms with E-state index < -0.39 is 23.9 Å². The van der Waals surface area contributed by atoms with Gasteiger partial charge in [-0.1, -0.05) is 18.2 Å². The van der Waals surface area contributed by atoms with Gasteiger partial charge in [0.05, 0.1) is 18.2 Å². The van der Waals surface area contributed by atoms with Crippen LogP contribution < -0.4 is 5.32 Å². The lowest BCUT2D eigenvalue weighted by Gasteiger charge is -2.33. The first-order valence-electron chi connectivity index (χ1n) is 7.71. The smallest absolute Gasteiger partial charge is 0.338 e. The minimum absolute atomic E-state index is 0.0884. The van der Waals surface area contributed by atoms with Crippen LogP contribution in [0.15, 0.2) is 35.5 Å². The standard InChI is InChI=1S/C17H21FN2O4/c1-4-23-9-10-24-16(21)14-11(2)20(3)17(22)19-15(14)12-7-5-6-8-13(12)18/h5-8,15H,4,9-10H2,1-3H3,(H,19,22)/t15-/m0/s1. The Kier molecular flexibility index (Phi) is 5.92. The van der Waals surface area contributed by atoms with Crippen molar-refractivity contribution in [3.63, 3.8) is 0 Å². The molecular weight excluding hydrogens is 315 g/mol. The maximum atomic E-state index is 14.2. The summed E-state index contributed by atoms with van der Waals surface area (Å²) in [7, 11) is 1.54. The van der Waals surface area contributed by atoms with Crippen LogP contribution in [-0.4, -0.2) is 43.8 Å². The van der Waals surface area contributed by atoms with Gasteiger partial charge < -0.3 is 19.7 Å². The van der Waals surface area contributed by atoms with Crippen molar-refractivity contribution in [3.05, 3.63) is 46.9 Å². The van der Waals surface area contributed by atoms with Crippen LogP contribution in [0.3, 0.4) is 0 Å². The van der Waals surface area contributed by atoms with Crippen molar-refractivity contribution < 1.29 is 23.5 Å². The first kappa shape index (κ1) is 17.9. The summed E-state index contributed by atoms with van der Waals surface area (Å²) in [6, 6.07) is 4.71. The fourth-order valence-corrected chi connectivity index (χ4v) is 2.46. The molecule has 0 saturated heterocycles. The molecule has 1 aromatic carbocycles. The number of benzene rings is 1. The van der Waals surface area contributed by atoms with E-state index in [1.54, 1.807) is 19.1 Å². The van der Waals surface area contributed by atoms with Crippen molar-refractivity contribution in [1.82, 2.24) is 10.2 Å². The number of hydrogen-bond donors (Lipinski definition) is 1. The number of hydrogen-bond acceptors (Lipinski definition) is 4. The average molecular weight is 336 g/mol. The van der Waals surface area contributed by atoms with Gasteiger partial charge in [-0.2, -0.15) is 0 Å². The summed E-state index contributed by atoms with van der Waals surface area (Å²) >= 11 is 0. The van der Waals surface area contributed by atoms with Crippen molar-refractivity contribution in [2.45, 2.75) is 19.9 Å². The number of esters is 1. The first-order chi connectivity index (χ1) is 11.5. The predicted octanol–water partition coefficient (Wildman–Crippen LogP) is 2.38. The molecule has 7 heteroatoms. The lowest BCUT2D eigenvalue weighted by molar-refractivity contribution is -0.141. The number of carbonyl (C=O) groups excluding carboxylic acids is 2. The van der Waals surface area contributed by atoms with Gasteiger partial charge in [-0.25, -0.2) is 14.0 Å². The Labute approximate surface area is 140 Å². The number of urea groups is 1. The Morgan fingerprint density at radius 3 is 2.71 bits per heavy atom. The topological polar surface area (TPSA) is 67.9 Å². The van der Waals surface area contributed by atoms with E-state index in [1.165, 1.54) is 24.1 Å². The second-order valence-corrected chi connectivity index (χ2v) is 5.29. The van der Waals surface area contributed by atoms with Crippen LogP contribution in [-0.2, 0) is 14.3 Å². The highest BCUT2D eigenvalue weighted by molar-refractivity contribution is 5.95. The van der Waals surface area contributed by atoms with E-state index in [4.69, 9.17) is 9.47 Å². The Bertz CT molecular complexity index is 660. The second kappa shape index (κ2) is 7.92. The molecule has 2 rings (SSSR count). The summed E-state index contributed by atoms with van der Waals surface area (Å²) in [5.74, 6) is -1.10. The van der Waals surface area contributed by atoms with Crippen LogP contribution in [0.4, 0.5) is 9.18 Å². The van der Waals surface area contributed by atoms with Crippen LogP contribution in [0.5, 0.6) is 0 Å². The summed E-state index contributed by atoms with van der Waals surface area (Å²) < 4.78 is 24.5. The molecule has 1 aromatic rings. The van der Waals surface area contributed by atoms with Crippen molar-refractivity contribution in [1.29, 1.82) is 0 Å². The molecule has 6 nitrogen and oxygen atoms in total. The highest BCUT2D eigenvalue weighted by atomic mass is 19.1. The van der Waals surface area contributed by atoms with Crippen LogP contribution >= 0.6 is 0 Å². The van der Waals surface area contributed by atoms with Crippen molar-refractivity contribution >= 4 is 12.0 Å². The molecule has 1 heterocycles. The van der Waals surface area contributed by atoms with E-state index in [-0.39, 0.29) is 24.4 Å². The molecule has 0 bridgehead atoms.